The second-order valence-corrected chi connectivity index (χ2v) is 6.01. The van der Waals surface area contributed by atoms with Gasteiger partial charge in [0.15, 0.2) is 5.65 Å². The highest BCUT2D eigenvalue weighted by Gasteiger charge is 2.18. The van der Waals surface area contributed by atoms with Crippen molar-refractivity contribution in [3.8, 4) is 5.69 Å². The molecule has 0 radical (unpaired) electrons. The van der Waals surface area contributed by atoms with E-state index in [1.54, 1.807) is 0 Å². The van der Waals surface area contributed by atoms with Crippen molar-refractivity contribution in [1.29, 1.82) is 0 Å². The van der Waals surface area contributed by atoms with E-state index >= 15 is 0 Å². The van der Waals surface area contributed by atoms with Crippen LogP contribution in [0.15, 0.2) is 22.7 Å². The average molecular weight is 374 g/mol. The second kappa shape index (κ2) is 5.06. The lowest BCUT2D eigenvalue weighted by Crippen LogP contribution is -2.04. The quantitative estimate of drug-likeness (QED) is 0.630. The van der Waals surface area contributed by atoms with E-state index in [2.05, 4.69) is 26.0 Å². The molecule has 20 heavy (non-hydrogen) atoms. The van der Waals surface area contributed by atoms with E-state index < -0.39 is 0 Å². The van der Waals surface area contributed by atoms with E-state index in [0.29, 0.717) is 10.9 Å². The van der Waals surface area contributed by atoms with E-state index in [1.807, 2.05) is 41.4 Å². The van der Waals surface area contributed by atoms with Gasteiger partial charge in [0.05, 0.1) is 22.3 Å². The van der Waals surface area contributed by atoms with Gasteiger partial charge in [-0.3, -0.25) is 4.57 Å². The highest BCUT2D eigenvalue weighted by Crippen LogP contribution is 2.29. The van der Waals surface area contributed by atoms with Crippen LogP contribution in [-0.4, -0.2) is 19.3 Å². The molecule has 0 aliphatic carbocycles. The lowest BCUT2D eigenvalue weighted by molar-refractivity contribution is 0.755. The van der Waals surface area contributed by atoms with Crippen LogP contribution in [0.3, 0.4) is 0 Å². The highest BCUT2D eigenvalue weighted by atomic mass is 79.9. The Morgan fingerprint density at radius 2 is 2.10 bits per heavy atom. The molecule has 104 valence electrons. The summed E-state index contributed by atoms with van der Waals surface area (Å²) in [7, 11) is 1.90. The van der Waals surface area contributed by atoms with Crippen LogP contribution in [0.1, 0.15) is 11.5 Å². The number of hydrogen-bond donors (Lipinski definition) is 0. The molecule has 0 atom stereocenters. The van der Waals surface area contributed by atoms with E-state index in [-0.39, 0.29) is 0 Å². The summed E-state index contributed by atoms with van der Waals surface area (Å²) in [6, 6.07) is 5.72. The molecule has 0 amide bonds. The minimum absolute atomic E-state index is 0.328. The smallest absolute Gasteiger partial charge is 0.163 e. The van der Waals surface area contributed by atoms with Crippen LogP contribution in [0.2, 0.25) is 5.02 Å². The molecule has 7 heteroatoms. The van der Waals surface area contributed by atoms with E-state index in [1.165, 1.54) is 0 Å². The van der Waals surface area contributed by atoms with Crippen molar-refractivity contribution in [2.75, 3.05) is 0 Å². The number of nitrogens with zero attached hydrogens (tertiary/aromatic N) is 4. The van der Waals surface area contributed by atoms with E-state index in [4.69, 9.17) is 23.2 Å². The molecule has 4 nitrogen and oxygen atoms in total. The van der Waals surface area contributed by atoms with Gasteiger partial charge in [0.1, 0.15) is 11.3 Å². The first kappa shape index (κ1) is 13.9. The van der Waals surface area contributed by atoms with Gasteiger partial charge in [-0.15, -0.1) is 11.6 Å². The summed E-state index contributed by atoms with van der Waals surface area (Å²) < 4.78 is 4.65. The molecule has 1 aromatic carbocycles. The zero-order chi connectivity index (χ0) is 14.4. The fourth-order valence-corrected chi connectivity index (χ4v) is 2.97. The van der Waals surface area contributed by atoms with Gasteiger partial charge in [-0.1, -0.05) is 11.6 Å². The third-order valence-electron chi connectivity index (χ3n) is 3.15. The predicted octanol–water partition coefficient (Wildman–Crippen LogP) is 4.22. The summed E-state index contributed by atoms with van der Waals surface area (Å²) in [5, 5.41) is 5.07. The Labute approximate surface area is 134 Å². The minimum atomic E-state index is 0.328. The number of rotatable bonds is 2. The zero-order valence-corrected chi connectivity index (χ0v) is 14.0. The van der Waals surface area contributed by atoms with Gasteiger partial charge in [0, 0.05) is 11.5 Å². The molecule has 2 heterocycles. The number of hydrogen-bond acceptors (Lipinski definition) is 2. The van der Waals surface area contributed by atoms with Crippen molar-refractivity contribution in [2.45, 2.75) is 12.8 Å². The maximum Gasteiger partial charge on any atom is 0.163 e. The topological polar surface area (TPSA) is 35.6 Å². The number of aryl methyl sites for hydroxylation is 2. The van der Waals surface area contributed by atoms with Crippen molar-refractivity contribution in [2.24, 2.45) is 7.05 Å². The standard InChI is InChI=1S/C13H11BrCl2N4/c1-7-12-13(19(2)18-7)20(11(6-15)17-12)8-3-4-10(16)9(14)5-8/h3-5H,6H2,1-2H3. The largest absolute Gasteiger partial charge is 0.280 e. The molecule has 0 aliphatic rings. The Bertz CT molecular complexity index is 806. The first-order chi connectivity index (χ1) is 9.52. The monoisotopic (exact) mass is 372 g/mol. The van der Waals surface area contributed by atoms with Crippen molar-refractivity contribution < 1.29 is 0 Å². The van der Waals surface area contributed by atoms with Gasteiger partial charge in [0.25, 0.3) is 0 Å². The average Bonchev–Trinajstić information content (AvgIpc) is 2.92. The molecule has 0 aliphatic heterocycles. The third kappa shape index (κ3) is 2.05. The van der Waals surface area contributed by atoms with Gasteiger partial charge < -0.3 is 0 Å². The molecule has 0 N–H and O–H groups in total. The van der Waals surface area contributed by atoms with Crippen molar-refractivity contribution in [3.05, 3.63) is 39.2 Å². The van der Waals surface area contributed by atoms with Crippen LogP contribution in [0.25, 0.3) is 16.9 Å². The van der Waals surface area contributed by atoms with Crippen LogP contribution < -0.4 is 0 Å². The maximum absolute atomic E-state index is 6.05. The van der Waals surface area contributed by atoms with Gasteiger partial charge in [-0.05, 0) is 41.1 Å². The highest BCUT2D eigenvalue weighted by molar-refractivity contribution is 9.10. The lowest BCUT2D eigenvalue weighted by atomic mass is 10.3. The molecular weight excluding hydrogens is 363 g/mol. The molecule has 0 bridgehead atoms. The Morgan fingerprint density at radius 3 is 2.75 bits per heavy atom. The molecular formula is C13H11BrCl2N4. The normalized spacial score (nSPS) is 11.4. The molecule has 3 aromatic rings. The fraction of sp³-hybridized carbons (Fsp3) is 0.231. The van der Waals surface area contributed by atoms with E-state index in [0.717, 1.165) is 32.8 Å². The summed E-state index contributed by atoms with van der Waals surface area (Å²) in [5.74, 6) is 1.11. The number of benzene rings is 1. The number of alkyl halides is 1. The number of aromatic nitrogens is 4. The summed E-state index contributed by atoms with van der Waals surface area (Å²) in [6.45, 7) is 1.94. The van der Waals surface area contributed by atoms with Crippen LogP contribution in [0.5, 0.6) is 0 Å². The maximum atomic E-state index is 6.05. The van der Waals surface area contributed by atoms with Crippen molar-refractivity contribution in [1.82, 2.24) is 19.3 Å². The molecule has 0 unspecified atom stereocenters. The van der Waals surface area contributed by atoms with Crippen LogP contribution >= 0.6 is 39.1 Å². The zero-order valence-electron chi connectivity index (χ0n) is 10.9. The molecule has 2 aromatic heterocycles. The third-order valence-corrected chi connectivity index (χ3v) is 4.61. The summed E-state index contributed by atoms with van der Waals surface area (Å²) in [5.41, 5.74) is 3.63. The van der Waals surface area contributed by atoms with Crippen LogP contribution in [0, 0.1) is 6.92 Å². The minimum Gasteiger partial charge on any atom is -0.280 e. The predicted molar refractivity (Wildman–Crippen MR) is 84.8 cm³/mol. The lowest BCUT2D eigenvalue weighted by Gasteiger charge is -2.09. The van der Waals surface area contributed by atoms with Crippen LogP contribution in [0.4, 0.5) is 0 Å². The number of imidazole rings is 1. The first-order valence-electron chi connectivity index (χ1n) is 5.95. The summed E-state index contributed by atoms with van der Waals surface area (Å²) >= 11 is 15.5. The molecule has 0 saturated heterocycles. The second-order valence-electron chi connectivity index (χ2n) is 4.48. The molecule has 0 spiro atoms. The molecule has 0 fully saturated rings. The summed E-state index contributed by atoms with van der Waals surface area (Å²) in [6.07, 6.45) is 0. The summed E-state index contributed by atoms with van der Waals surface area (Å²) in [4.78, 5) is 4.58. The Hall–Kier alpha value is -1.04. The van der Waals surface area contributed by atoms with Crippen LogP contribution in [-0.2, 0) is 12.9 Å². The Balaban J connectivity index is 2.36. The Kier molecular flexibility index (Phi) is 3.52. The molecule has 0 saturated carbocycles. The van der Waals surface area contributed by atoms with Gasteiger partial charge in [-0.25, -0.2) is 9.67 Å². The number of fused-ring (bicyclic) bond motifs is 1. The van der Waals surface area contributed by atoms with Crippen molar-refractivity contribution in [3.63, 3.8) is 0 Å². The fourth-order valence-electron chi connectivity index (χ4n) is 2.30. The van der Waals surface area contributed by atoms with Gasteiger partial charge in [-0.2, -0.15) is 5.10 Å². The van der Waals surface area contributed by atoms with Crippen molar-refractivity contribution >= 4 is 50.3 Å². The van der Waals surface area contributed by atoms with Gasteiger partial charge >= 0.3 is 0 Å². The van der Waals surface area contributed by atoms with E-state index in [9.17, 15) is 0 Å². The molecule has 3 rings (SSSR count). The Morgan fingerprint density at radius 1 is 1.35 bits per heavy atom. The van der Waals surface area contributed by atoms with Gasteiger partial charge in [0.2, 0.25) is 0 Å². The first-order valence-corrected chi connectivity index (χ1v) is 7.65. The SMILES string of the molecule is Cc1nn(C)c2c1nc(CCl)n2-c1ccc(Cl)c(Br)c1. The number of halogens is 3.